The molecule has 0 radical (unpaired) electrons. The molecule has 2 rings (SSSR count). The molecular formula is C14H22N2O. The van der Waals surface area contributed by atoms with E-state index in [1.54, 1.807) is 7.11 Å². The Labute approximate surface area is 104 Å². The van der Waals surface area contributed by atoms with Crippen molar-refractivity contribution in [2.24, 2.45) is 5.73 Å². The van der Waals surface area contributed by atoms with Crippen LogP contribution in [-0.2, 0) is 6.42 Å². The molecule has 17 heavy (non-hydrogen) atoms. The molecule has 0 aromatic heterocycles. The molecule has 94 valence electrons. The van der Waals surface area contributed by atoms with Crippen molar-refractivity contribution < 1.29 is 4.74 Å². The molecule has 1 heterocycles. The third-order valence-corrected chi connectivity index (χ3v) is 3.38. The van der Waals surface area contributed by atoms with Crippen molar-refractivity contribution in [2.75, 3.05) is 26.7 Å². The summed E-state index contributed by atoms with van der Waals surface area (Å²) in [7, 11) is 1.71. The number of methoxy groups -OCH3 is 1. The lowest BCUT2D eigenvalue weighted by Crippen LogP contribution is -2.27. The average molecular weight is 234 g/mol. The highest BCUT2D eigenvalue weighted by molar-refractivity contribution is 5.28. The van der Waals surface area contributed by atoms with Gasteiger partial charge in [-0.2, -0.15) is 0 Å². The molecule has 2 N–H and O–H groups in total. The number of ether oxygens (including phenoxy) is 1. The van der Waals surface area contributed by atoms with Crippen molar-refractivity contribution in [3.05, 3.63) is 29.8 Å². The molecule has 0 saturated carbocycles. The Bertz CT molecular complexity index is 354. The highest BCUT2D eigenvalue weighted by Crippen LogP contribution is 2.14. The summed E-state index contributed by atoms with van der Waals surface area (Å²) in [4.78, 5) is 2.46. The van der Waals surface area contributed by atoms with Gasteiger partial charge in [-0.3, -0.25) is 0 Å². The highest BCUT2D eigenvalue weighted by atomic mass is 16.5. The molecule has 0 spiro atoms. The van der Waals surface area contributed by atoms with E-state index in [2.05, 4.69) is 23.1 Å². The summed E-state index contributed by atoms with van der Waals surface area (Å²) in [5.41, 5.74) is 7.24. The first-order chi connectivity index (χ1) is 8.28. The van der Waals surface area contributed by atoms with Gasteiger partial charge in [-0.1, -0.05) is 12.1 Å². The minimum Gasteiger partial charge on any atom is -0.497 e. The Hall–Kier alpha value is -1.06. The van der Waals surface area contributed by atoms with Crippen molar-refractivity contribution in [1.82, 2.24) is 4.90 Å². The quantitative estimate of drug-likeness (QED) is 0.842. The first-order valence-electron chi connectivity index (χ1n) is 6.39. The van der Waals surface area contributed by atoms with E-state index in [-0.39, 0.29) is 0 Å². The summed E-state index contributed by atoms with van der Waals surface area (Å²) < 4.78 is 5.22. The van der Waals surface area contributed by atoms with Gasteiger partial charge in [-0.15, -0.1) is 0 Å². The smallest absolute Gasteiger partial charge is 0.119 e. The third kappa shape index (κ3) is 3.72. The molecule has 3 heteroatoms. The van der Waals surface area contributed by atoms with Crippen LogP contribution in [0.4, 0.5) is 0 Å². The molecule has 0 amide bonds. The Morgan fingerprint density at radius 1 is 1.47 bits per heavy atom. The fraction of sp³-hybridized carbons (Fsp3) is 0.571. The molecule has 1 aliphatic rings. The normalized spacial score (nSPS) is 20.7. The molecule has 0 bridgehead atoms. The summed E-state index contributed by atoms with van der Waals surface area (Å²) in [5, 5.41) is 0. The van der Waals surface area contributed by atoms with Crippen LogP contribution in [0.1, 0.15) is 18.4 Å². The van der Waals surface area contributed by atoms with Crippen LogP contribution < -0.4 is 10.5 Å². The molecule has 1 unspecified atom stereocenters. The van der Waals surface area contributed by atoms with Gasteiger partial charge in [0.1, 0.15) is 5.75 Å². The molecule has 0 aliphatic carbocycles. The zero-order chi connectivity index (χ0) is 12.1. The number of hydrogen-bond acceptors (Lipinski definition) is 3. The van der Waals surface area contributed by atoms with Crippen LogP contribution >= 0.6 is 0 Å². The van der Waals surface area contributed by atoms with E-state index in [9.17, 15) is 0 Å². The summed E-state index contributed by atoms with van der Waals surface area (Å²) in [6, 6.07) is 8.73. The Morgan fingerprint density at radius 2 is 2.35 bits per heavy atom. The van der Waals surface area contributed by atoms with Crippen LogP contribution in [0.3, 0.4) is 0 Å². The number of likely N-dealkylation sites (tertiary alicyclic amines) is 1. The van der Waals surface area contributed by atoms with Crippen LogP contribution in [0.25, 0.3) is 0 Å². The summed E-state index contributed by atoms with van der Waals surface area (Å²) in [6.07, 6.45) is 3.46. The second kappa shape index (κ2) is 6.03. The minimum atomic E-state index is 0.395. The largest absolute Gasteiger partial charge is 0.497 e. The fourth-order valence-corrected chi connectivity index (χ4v) is 2.40. The van der Waals surface area contributed by atoms with Gasteiger partial charge in [-0.25, -0.2) is 0 Å². The molecule has 1 saturated heterocycles. The molecule has 1 aliphatic heterocycles. The van der Waals surface area contributed by atoms with Crippen molar-refractivity contribution in [3.63, 3.8) is 0 Å². The Balaban J connectivity index is 1.74. The van der Waals surface area contributed by atoms with Gasteiger partial charge in [0.2, 0.25) is 0 Å². The van der Waals surface area contributed by atoms with Gasteiger partial charge in [0.25, 0.3) is 0 Å². The molecule has 1 aromatic rings. The van der Waals surface area contributed by atoms with E-state index < -0.39 is 0 Å². The van der Waals surface area contributed by atoms with Crippen molar-refractivity contribution >= 4 is 0 Å². The SMILES string of the molecule is COc1cccc(CCCN2CCC(N)C2)c1. The maximum absolute atomic E-state index is 5.89. The van der Waals surface area contributed by atoms with Crippen LogP contribution in [-0.4, -0.2) is 37.7 Å². The first kappa shape index (κ1) is 12.4. The maximum atomic E-state index is 5.89. The topological polar surface area (TPSA) is 38.5 Å². The van der Waals surface area contributed by atoms with Crippen molar-refractivity contribution in [2.45, 2.75) is 25.3 Å². The lowest BCUT2D eigenvalue weighted by molar-refractivity contribution is 0.329. The first-order valence-corrected chi connectivity index (χ1v) is 6.39. The van der Waals surface area contributed by atoms with Crippen LogP contribution in [0.5, 0.6) is 5.75 Å². The monoisotopic (exact) mass is 234 g/mol. The van der Waals surface area contributed by atoms with Crippen LogP contribution in [0.15, 0.2) is 24.3 Å². The Morgan fingerprint density at radius 3 is 3.06 bits per heavy atom. The number of aryl methyl sites for hydroxylation is 1. The van der Waals surface area contributed by atoms with E-state index in [0.717, 1.165) is 31.7 Å². The standard InChI is InChI=1S/C14H22N2O/c1-17-14-6-2-4-12(10-14)5-3-8-16-9-7-13(15)11-16/h2,4,6,10,13H,3,5,7-9,11,15H2,1H3. The van der Waals surface area contributed by atoms with Gasteiger partial charge < -0.3 is 15.4 Å². The zero-order valence-electron chi connectivity index (χ0n) is 10.6. The maximum Gasteiger partial charge on any atom is 0.119 e. The number of nitrogens with two attached hydrogens (primary N) is 1. The van der Waals surface area contributed by atoms with E-state index in [1.807, 2.05) is 6.07 Å². The summed E-state index contributed by atoms with van der Waals surface area (Å²) >= 11 is 0. The molecule has 3 nitrogen and oxygen atoms in total. The number of benzene rings is 1. The van der Waals surface area contributed by atoms with Gasteiger partial charge >= 0.3 is 0 Å². The number of nitrogens with zero attached hydrogens (tertiary/aromatic N) is 1. The van der Waals surface area contributed by atoms with Gasteiger partial charge in [0.05, 0.1) is 7.11 Å². The molecule has 1 aromatic carbocycles. The lowest BCUT2D eigenvalue weighted by atomic mass is 10.1. The molecule has 1 atom stereocenters. The number of rotatable bonds is 5. The van der Waals surface area contributed by atoms with E-state index in [0.29, 0.717) is 6.04 Å². The van der Waals surface area contributed by atoms with E-state index in [4.69, 9.17) is 10.5 Å². The molecule has 1 fully saturated rings. The second-order valence-corrected chi connectivity index (χ2v) is 4.80. The number of hydrogen-bond donors (Lipinski definition) is 1. The lowest BCUT2D eigenvalue weighted by Gasteiger charge is -2.14. The van der Waals surface area contributed by atoms with Gasteiger partial charge in [0, 0.05) is 12.6 Å². The van der Waals surface area contributed by atoms with Gasteiger partial charge in [0.15, 0.2) is 0 Å². The minimum absolute atomic E-state index is 0.395. The van der Waals surface area contributed by atoms with Crippen LogP contribution in [0, 0.1) is 0 Å². The van der Waals surface area contributed by atoms with Crippen molar-refractivity contribution in [1.29, 1.82) is 0 Å². The zero-order valence-corrected chi connectivity index (χ0v) is 10.6. The predicted molar refractivity (Wildman–Crippen MR) is 70.3 cm³/mol. The highest BCUT2D eigenvalue weighted by Gasteiger charge is 2.17. The van der Waals surface area contributed by atoms with E-state index in [1.165, 1.54) is 18.5 Å². The summed E-state index contributed by atoms with van der Waals surface area (Å²) in [5.74, 6) is 0.950. The fourth-order valence-electron chi connectivity index (χ4n) is 2.40. The summed E-state index contributed by atoms with van der Waals surface area (Å²) in [6.45, 7) is 3.39. The second-order valence-electron chi connectivity index (χ2n) is 4.80. The third-order valence-electron chi connectivity index (χ3n) is 3.38. The van der Waals surface area contributed by atoms with Gasteiger partial charge in [-0.05, 0) is 50.0 Å². The van der Waals surface area contributed by atoms with Crippen LogP contribution in [0.2, 0.25) is 0 Å². The van der Waals surface area contributed by atoms with E-state index >= 15 is 0 Å². The van der Waals surface area contributed by atoms with Crippen molar-refractivity contribution in [3.8, 4) is 5.75 Å². The molecular weight excluding hydrogens is 212 g/mol. The average Bonchev–Trinajstić information content (AvgIpc) is 2.75. The predicted octanol–water partition coefficient (Wildman–Crippen LogP) is 1.66. The Kier molecular flexibility index (Phi) is 4.40.